The quantitative estimate of drug-likeness (QED) is 0.843. The minimum Gasteiger partial charge on any atom is -0.478 e. The van der Waals surface area contributed by atoms with Crippen molar-refractivity contribution in [3.63, 3.8) is 0 Å². The number of nitrogens with one attached hydrogen (secondary N) is 1. The van der Waals surface area contributed by atoms with Crippen molar-refractivity contribution in [2.75, 3.05) is 0 Å². The maximum atomic E-state index is 12.5. The average molecular weight is 352 g/mol. The molecule has 1 aliphatic carbocycles. The van der Waals surface area contributed by atoms with Gasteiger partial charge >= 0.3 is 5.97 Å². The first kappa shape index (κ1) is 16.1. The molecule has 0 bridgehead atoms. The Hall–Kier alpha value is -1.78. The molecule has 0 saturated heterocycles. The predicted octanol–water partition coefficient (Wildman–Crippen LogP) is 4.05. The van der Waals surface area contributed by atoms with E-state index < -0.39 is 11.9 Å². The van der Waals surface area contributed by atoms with E-state index in [9.17, 15) is 14.7 Å². The molecule has 4 nitrogen and oxygen atoms in total. The zero-order chi connectivity index (χ0) is 16.7. The number of hydrogen-bond acceptors (Lipinski definition) is 3. The van der Waals surface area contributed by atoms with Gasteiger partial charge in [-0.3, -0.25) is 4.79 Å². The minimum atomic E-state index is -1.07. The fraction of sp³-hybridized carbons (Fsp3) is 0.294. The second kappa shape index (κ2) is 6.02. The molecule has 1 aromatic rings. The van der Waals surface area contributed by atoms with Crippen LogP contribution >= 0.6 is 23.2 Å². The Balaban J connectivity index is 2.27. The van der Waals surface area contributed by atoms with Gasteiger partial charge in [0, 0.05) is 29.3 Å². The number of Topliss-reactive ketones (excluding diaryl/α,β-unsaturated/α-hetero) is 1. The zero-order valence-corrected chi connectivity index (χ0v) is 14.0. The van der Waals surface area contributed by atoms with Crippen LogP contribution in [-0.2, 0) is 9.59 Å². The highest BCUT2D eigenvalue weighted by molar-refractivity contribution is 6.42. The fourth-order valence-corrected chi connectivity index (χ4v) is 3.74. The van der Waals surface area contributed by atoms with Crippen molar-refractivity contribution in [3.8, 4) is 0 Å². The summed E-state index contributed by atoms with van der Waals surface area (Å²) in [5.41, 5.74) is 2.53. The largest absolute Gasteiger partial charge is 0.478 e. The summed E-state index contributed by atoms with van der Waals surface area (Å²) in [6, 6.07) is 5.09. The molecule has 0 saturated carbocycles. The standard InChI is InChI=1S/C17H15Cl2NO3/c1-8-13(17(22)23)14(9-4-2-5-10(18)16(9)19)15-11(20-8)6-3-7-12(15)21/h2,4-5,14,20H,3,6-7H2,1H3,(H,22,23). The first-order valence-corrected chi connectivity index (χ1v) is 8.08. The molecule has 0 amide bonds. The van der Waals surface area contributed by atoms with E-state index in [1.54, 1.807) is 25.1 Å². The third-order valence-electron chi connectivity index (χ3n) is 4.30. The van der Waals surface area contributed by atoms with E-state index >= 15 is 0 Å². The highest BCUT2D eigenvalue weighted by atomic mass is 35.5. The zero-order valence-electron chi connectivity index (χ0n) is 12.5. The topological polar surface area (TPSA) is 66.4 Å². The number of hydrogen-bond donors (Lipinski definition) is 2. The van der Waals surface area contributed by atoms with Gasteiger partial charge in [0.15, 0.2) is 5.78 Å². The van der Waals surface area contributed by atoms with Crippen molar-refractivity contribution in [3.05, 3.63) is 56.3 Å². The maximum Gasteiger partial charge on any atom is 0.334 e. The summed E-state index contributed by atoms with van der Waals surface area (Å²) in [6.07, 6.45) is 1.90. The van der Waals surface area contributed by atoms with Crippen LogP contribution in [-0.4, -0.2) is 16.9 Å². The van der Waals surface area contributed by atoms with Gasteiger partial charge in [0.25, 0.3) is 0 Å². The van der Waals surface area contributed by atoms with Crippen molar-refractivity contribution in [1.29, 1.82) is 0 Å². The lowest BCUT2D eigenvalue weighted by Gasteiger charge is -2.34. The number of aliphatic carboxylic acids is 1. The molecule has 2 aliphatic rings. The predicted molar refractivity (Wildman–Crippen MR) is 88.6 cm³/mol. The van der Waals surface area contributed by atoms with Crippen LogP contribution < -0.4 is 5.32 Å². The molecule has 1 aromatic carbocycles. The number of halogens is 2. The van der Waals surface area contributed by atoms with Crippen LogP contribution in [0.25, 0.3) is 0 Å². The van der Waals surface area contributed by atoms with E-state index in [0.29, 0.717) is 28.3 Å². The molecular weight excluding hydrogens is 337 g/mol. The number of benzene rings is 1. The third kappa shape index (κ3) is 2.66. The van der Waals surface area contributed by atoms with E-state index in [2.05, 4.69) is 5.32 Å². The van der Waals surface area contributed by atoms with Gasteiger partial charge in [-0.05, 0) is 31.4 Å². The van der Waals surface area contributed by atoms with E-state index in [-0.39, 0.29) is 16.4 Å². The Morgan fingerprint density at radius 2 is 2.04 bits per heavy atom. The first-order valence-electron chi connectivity index (χ1n) is 7.33. The molecule has 0 radical (unpaired) electrons. The molecule has 1 unspecified atom stereocenters. The second-order valence-electron chi connectivity index (χ2n) is 5.71. The molecule has 3 rings (SSSR count). The molecule has 1 heterocycles. The first-order chi connectivity index (χ1) is 10.9. The molecule has 1 aliphatic heterocycles. The minimum absolute atomic E-state index is 0.0361. The Morgan fingerprint density at radius 3 is 2.74 bits per heavy atom. The summed E-state index contributed by atoms with van der Waals surface area (Å²) in [5, 5.41) is 13.4. The molecule has 120 valence electrons. The number of carbonyl (C=O) groups excluding carboxylic acids is 1. The Bertz CT molecular complexity index is 780. The van der Waals surface area contributed by atoms with Crippen molar-refractivity contribution in [2.45, 2.75) is 32.1 Å². The van der Waals surface area contributed by atoms with Crippen LogP contribution in [0.3, 0.4) is 0 Å². The van der Waals surface area contributed by atoms with Gasteiger partial charge < -0.3 is 10.4 Å². The summed E-state index contributed by atoms with van der Waals surface area (Å²) in [4.78, 5) is 24.3. The van der Waals surface area contributed by atoms with Crippen molar-refractivity contribution < 1.29 is 14.7 Å². The average Bonchev–Trinajstić information content (AvgIpc) is 2.48. The Morgan fingerprint density at radius 1 is 1.30 bits per heavy atom. The number of carboxylic acid groups (broad SMARTS) is 1. The normalized spacial score (nSPS) is 21.2. The van der Waals surface area contributed by atoms with E-state index in [1.165, 1.54) is 0 Å². The summed E-state index contributed by atoms with van der Waals surface area (Å²) >= 11 is 12.4. The van der Waals surface area contributed by atoms with Gasteiger partial charge in [-0.2, -0.15) is 0 Å². The molecule has 0 fully saturated rings. The molecule has 0 spiro atoms. The highest BCUT2D eigenvalue weighted by Crippen LogP contribution is 2.45. The van der Waals surface area contributed by atoms with Gasteiger partial charge in [0.05, 0.1) is 15.6 Å². The Labute approximate surface area is 143 Å². The lowest BCUT2D eigenvalue weighted by molar-refractivity contribution is -0.133. The number of dihydropyridines is 1. The molecule has 6 heteroatoms. The van der Waals surface area contributed by atoms with E-state index in [1.807, 2.05) is 0 Å². The fourth-order valence-electron chi connectivity index (χ4n) is 3.32. The summed E-state index contributed by atoms with van der Waals surface area (Å²) in [5.74, 6) is -1.80. The van der Waals surface area contributed by atoms with Crippen LogP contribution in [0.15, 0.2) is 40.7 Å². The molecule has 2 N–H and O–H groups in total. The molecule has 1 atom stereocenters. The molecule has 23 heavy (non-hydrogen) atoms. The van der Waals surface area contributed by atoms with E-state index in [4.69, 9.17) is 23.2 Å². The maximum absolute atomic E-state index is 12.5. The number of carbonyl (C=O) groups is 2. The van der Waals surface area contributed by atoms with Gasteiger partial charge in [-0.15, -0.1) is 0 Å². The molecule has 0 aromatic heterocycles. The lowest BCUT2D eigenvalue weighted by Crippen LogP contribution is -2.34. The highest BCUT2D eigenvalue weighted by Gasteiger charge is 2.39. The summed E-state index contributed by atoms with van der Waals surface area (Å²) in [7, 11) is 0. The lowest BCUT2D eigenvalue weighted by atomic mass is 9.75. The summed E-state index contributed by atoms with van der Waals surface area (Å²) in [6.45, 7) is 1.71. The number of rotatable bonds is 2. The third-order valence-corrected chi connectivity index (χ3v) is 5.13. The SMILES string of the molecule is CC1=C(C(=O)O)C(c2cccc(Cl)c2Cl)C2=C(CCCC2=O)N1. The van der Waals surface area contributed by atoms with Gasteiger partial charge in [-0.1, -0.05) is 35.3 Å². The van der Waals surface area contributed by atoms with Crippen LogP contribution in [0.2, 0.25) is 10.0 Å². The van der Waals surface area contributed by atoms with Crippen molar-refractivity contribution in [2.24, 2.45) is 0 Å². The second-order valence-corrected chi connectivity index (χ2v) is 6.50. The van der Waals surface area contributed by atoms with Crippen molar-refractivity contribution in [1.82, 2.24) is 5.32 Å². The Kier molecular flexibility index (Phi) is 4.21. The number of ketones is 1. The monoisotopic (exact) mass is 351 g/mol. The van der Waals surface area contributed by atoms with Crippen LogP contribution in [0, 0.1) is 0 Å². The van der Waals surface area contributed by atoms with Crippen LogP contribution in [0.1, 0.15) is 37.7 Å². The van der Waals surface area contributed by atoms with E-state index in [0.717, 1.165) is 18.5 Å². The number of allylic oxidation sites excluding steroid dienone is 3. The number of carboxylic acids is 1. The van der Waals surface area contributed by atoms with Gasteiger partial charge in [0.2, 0.25) is 0 Å². The smallest absolute Gasteiger partial charge is 0.334 e. The van der Waals surface area contributed by atoms with Crippen LogP contribution in [0.4, 0.5) is 0 Å². The van der Waals surface area contributed by atoms with Crippen molar-refractivity contribution >= 4 is 35.0 Å². The summed E-state index contributed by atoms with van der Waals surface area (Å²) < 4.78 is 0. The molecular formula is C17H15Cl2NO3. The van der Waals surface area contributed by atoms with Crippen LogP contribution in [0.5, 0.6) is 0 Å². The van der Waals surface area contributed by atoms with Gasteiger partial charge in [-0.25, -0.2) is 4.79 Å². The van der Waals surface area contributed by atoms with Gasteiger partial charge in [0.1, 0.15) is 0 Å².